The number of benzene rings is 1. The molecule has 1 rings (SSSR count). The van der Waals surface area contributed by atoms with Gasteiger partial charge in [0, 0.05) is 18.2 Å². The van der Waals surface area contributed by atoms with Crippen LogP contribution >= 0.6 is 0 Å². The van der Waals surface area contributed by atoms with Crippen molar-refractivity contribution in [2.75, 3.05) is 13.7 Å². The van der Waals surface area contributed by atoms with Gasteiger partial charge in [-0.1, -0.05) is 6.07 Å². The monoisotopic (exact) mass is 250 g/mol. The lowest BCUT2D eigenvalue weighted by Gasteiger charge is -2.22. The molecule has 0 saturated heterocycles. The van der Waals surface area contributed by atoms with Crippen molar-refractivity contribution in [3.05, 3.63) is 29.6 Å². The molecule has 0 aliphatic carbocycles. The molecule has 1 atom stereocenters. The van der Waals surface area contributed by atoms with Gasteiger partial charge >= 0.3 is 0 Å². The van der Waals surface area contributed by atoms with Crippen molar-refractivity contribution in [1.29, 1.82) is 5.26 Å². The summed E-state index contributed by atoms with van der Waals surface area (Å²) in [5.74, 6) is 0.217. The van der Waals surface area contributed by atoms with E-state index in [0.717, 1.165) is 0 Å². The second-order valence-corrected chi connectivity index (χ2v) is 4.95. The third-order valence-electron chi connectivity index (χ3n) is 2.82. The SMILES string of the molecule is COc1cccc(F)c1C(C)NCC(C)(C)C#N. The third-order valence-corrected chi connectivity index (χ3v) is 2.82. The van der Waals surface area contributed by atoms with Gasteiger partial charge in [-0.3, -0.25) is 0 Å². The van der Waals surface area contributed by atoms with E-state index in [9.17, 15) is 4.39 Å². The van der Waals surface area contributed by atoms with Gasteiger partial charge in [-0.15, -0.1) is 0 Å². The van der Waals surface area contributed by atoms with Crippen LogP contribution in [0.3, 0.4) is 0 Å². The summed E-state index contributed by atoms with van der Waals surface area (Å²) in [5.41, 5.74) is 0.0148. The van der Waals surface area contributed by atoms with Crippen LogP contribution in [0.4, 0.5) is 4.39 Å². The largest absolute Gasteiger partial charge is 0.496 e. The zero-order chi connectivity index (χ0) is 13.8. The smallest absolute Gasteiger partial charge is 0.131 e. The molecule has 0 aromatic heterocycles. The van der Waals surface area contributed by atoms with Crippen LogP contribution in [-0.4, -0.2) is 13.7 Å². The Bertz CT molecular complexity index is 452. The average molecular weight is 250 g/mol. The highest BCUT2D eigenvalue weighted by Crippen LogP contribution is 2.28. The Kier molecular flexibility index (Phi) is 4.69. The molecule has 0 radical (unpaired) electrons. The minimum atomic E-state index is -0.479. The summed E-state index contributed by atoms with van der Waals surface area (Å²) in [5, 5.41) is 12.1. The van der Waals surface area contributed by atoms with E-state index >= 15 is 0 Å². The number of methoxy groups -OCH3 is 1. The summed E-state index contributed by atoms with van der Waals surface area (Å²) >= 11 is 0. The first-order valence-electron chi connectivity index (χ1n) is 5.88. The molecule has 0 saturated carbocycles. The minimum absolute atomic E-state index is 0.214. The van der Waals surface area contributed by atoms with Crippen LogP contribution in [0.2, 0.25) is 0 Å². The van der Waals surface area contributed by atoms with Gasteiger partial charge in [-0.2, -0.15) is 5.26 Å². The highest BCUT2D eigenvalue weighted by atomic mass is 19.1. The molecule has 0 fully saturated rings. The maximum atomic E-state index is 13.8. The van der Waals surface area contributed by atoms with Gasteiger partial charge in [0.15, 0.2) is 0 Å². The van der Waals surface area contributed by atoms with E-state index in [1.54, 1.807) is 12.1 Å². The van der Waals surface area contributed by atoms with Crippen LogP contribution in [0.5, 0.6) is 5.75 Å². The van der Waals surface area contributed by atoms with Crippen molar-refractivity contribution in [2.45, 2.75) is 26.8 Å². The third kappa shape index (κ3) is 3.44. The maximum absolute atomic E-state index is 13.8. The number of rotatable bonds is 5. The number of nitriles is 1. The Morgan fingerprint density at radius 2 is 2.17 bits per heavy atom. The molecule has 0 heterocycles. The van der Waals surface area contributed by atoms with Crippen LogP contribution in [0.25, 0.3) is 0 Å². The lowest BCUT2D eigenvalue weighted by atomic mass is 9.95. The van der Waals surface area contributed by atoms with Crippen LogP contribution < -0.4 is 10.1 Å². The van der Waals surface area contributed by atoms with E-state index in [0.29, 0.717) is 17.9 Å². The summed E-state index contributed by atoms with van der Waals surface area (Å²) in [6, 6.07) is 6.74. The first kappa shape index (κ1) is 14.5. The fourth-order valence-electron chi connectivity index (χ4n) is 1.67. The quantitative estimate of drug-likeness (QED) is 0.873. The number of hydrogen-bond acceptors (Lipinski definition) is 3. The molecule has 18 heavy (non-hydrogen) atoms. The molecular formula is C14H19FN2O. The van der Waals surface area contributed by atoms with E-state index in [1.807, 2.05) is 20.8 Å². The Hall–Kier alpha value is -1.60. The number of halogens is 1. The van der Waals surface area contributed by atoms with Crippen molar-refractivity contribution in [2.24, 2.45) is 5.41 Å². The van der Waals surface area contributed by atoms with Crippen molar-refractivity contribution in [1.82, 2.24) is 5.32 Å². The Morgan fingerprint density at radius 1 is 1.50 bits per heavy atom. The molecule has 0 aliphatic rings. The van der Waals surface area contributed by atoms with Crippen LogP contribution in [-0.2, 0) is 0 Å². The zero-order valence-electron chi connectivity index (χ0n) is 11.2. The van der Waals surface area contributed by atoms with Gasteiger partial charge in [0.05, 0.1) is 18.6 Å². The summed E-state index contributed by atoms with van der Waals surface area (Å²) < 4.78 is 19.0. The highest BCUT2D eigenvalue weighted by Gasteiger charge is 2.21. The van der Waals surface area contributed by atoms with Gasteiger partial charge in [-0.05, 0) is 32.9 Å². The Morgan fingerprint density at radius 3 is 2.72 bits per heavy atom. The molecule has 1 aromatic carbocycles. The van der Waals surface area contributed by atoms with Crippen LogP contribution in [0.15, 0.2) is 18.2 Å². The molecule has 3 nitrogen and oxygen atoms in total. The van der Waals surface area contributed by atoms with Crippen molar-refractivity contribution in [3.63, 3.8) is 0 Å². The van der Waals surface area contributed by atoms with E-state index in [1.165, 1.54) is 13.2 Å². The summed E-state index contributed by atoms with van der Waals surface area (Å²) in [6.07, 6.45) is 0. The second-order valence-electron chi connectivity index (χ2n) is 4.95. The average Bonchev–Trinajstić information content (AvgIpc) is 2.35. The summed E-state index contributed by atoms with van der Waals surface area (Å²) in [4.78, 5) is 0. The zero-order valence-corrected chi connectivity index (χ0v) is 11.2. The predicted molar refractivity (Wildman–Crippen MR) is 68.8 cm³/mol. The lowest BCUT2D eigenvalue weighted by Crippen LogP contribution is -2.30. The Balaban J connectivity index is 2.85. The fourth-order valence-corrected chi connectivity index (χ4v) is 1.67. The summed E-state index contributed by atoms with van der Waals surface area (Å²) in [6.45, 7) is 6.02. The maximum Gasteiger partial charge on any atom is 0.131 e. The number of ether oxygens (including phenoxy) is 1. The van der Waals surface area contributed by atoms with E-state index in [-0.39, 0.29) is 11.9 Å². The first-order chi connectivity index (χ1) is 8.41. The molecular weight excluding hydrogens is 231 g/mol. The van der Waals surface area contributed by atoms with E-state index in [4.69, 9.17) is 10.00 Å². The van der Waals surface area contributed by atoms with Crippen molar-refractivity contribution < 1.29 is 9.13 Å². The van der Waals surface area contributed by atoms with Gasteiger partial charge in [0.25, 0.3) is 0 Å². The normalized spacial score (nSPS) is 12.9. The van der Waals surface area contributed by atoms with Gasteiger partial charge < -0.3 is 10.1 Å². The van der Waals surface area contributed by atoms with Gasteiger partial charge in [0.2, 0.25) is 0 Å². The molecule has 1 aromatic rings. The molecule has 0 bridgehead atoms. The van der Waals surface area contributed by atoms with Gasteiger partial charge in [-0.25, -0.2) is 4.39 Å². The Labute approximate surface area is 108 Å². The van der Waals surface area contributed by atoms with Crippen molar-refractivity contribution in [3.8, 4) is 11.8 Å². The summed E-state index contributed by atoms with van der Waals surface area (Å²) in [7, 11) is 1.52. The van der Waals surface area contributed by atoms with E-state index < -0.39 is 5.41 Å². The molecule has 4 heteroatoms. The number of nitrogens with one attached hydrogen (secondary N) is 1. The number of hydrogen-bond donors (Lipinski definition) is 1. The molecule has 1 N–H and O–H groups in total. The molecule has 0 aliphatic heterocycles. The topological polar surface area (TPSA) is 45.0 Å². The lowest BCUT2D eigenvalue weighted by molar-refractivity contribution is 0.377. The van der Waals surface area contributed by atoms with Crippen molar-refractivity contribution >= 4 is 0 Å². The second kappa shape index (κ2) is 5.83. The van der Waals surface area contributed by atoms with Crippen LogP contribution in [0, 0.1) is 22.6 Å². The van der Waals surface area contributed by atoms with Crippen LogP contribution in [0.1, 0.15) is 32.4 Å². The molecule has 0 spiro atoms. The minimum Gasteiger partial charge on any atom is -0.496 e. The molecule has 98 valence electrons. The van der Waals surface area contributed by atoms with E-state index in [2.05, 4.69) is 11.4 Å². The standard InChI is InChI=1S/C14H19FN2O/c1-10(17-9-14(2,3)8-16)13-11(15)6-5-7-12(13)18-4/h5-7,10,17H,9H2,1-4H3. The fraction of sp³-hybridized carbons (Fsp3) is 0.500. The molecule has 1 unspecified atom stereocenters. The highest BCUT2D eigenvalue weighted by molar-refractivity contribution is 5.36. The molecule has 0 amide bonds. The predicted octanol–water partition coefficient (Wildman–Crippen LogP) is 3.03. The number of nitrogens with zero attached hydrogens (tertiary/aromatic N) is 1. The van der Waals surface area contributed by atoms with Gasteiger partial charge in [0.1, 0.15) is 11.6 Å². The first-order valence-corrected chi connectivity index (χ1v) is 5.88.